The van der Waals surface area contributed by atoms with Crippen LogP contribution in [-0.2, 0) is 40.2 Å². The smallest absolute Gasteiger partial charge is 0.360 e. The van der Waals surface area contributed by atoms with Crippen molar-refractivity contribution in [1.82, 2.24) is 15.0 Å². The highest BCUT2D eigenvalue weighted by molar-refractivity contribution is 7.73. The molecule has 0 fully saturated rings. The summed E-state index contributed by atoms with van der Waals surface area (Å²) in [6, 6.07) is 8.22. The van der Waals surface area contributed by atoms with Crippen LogP contribution < -0.4 is 16.0 Å². The minimum absolute atomic E-state index is 0.0321. The number of hydrogen-bond acceptors (Lipinski definition) is 12. The maximum atomic E-state index is 11.4. The molecule has 3 rings (SSSR count). The van der Waals surface area contributed by atoms with Crippen LogP contribution in [0.2, 0.25) is 0 Å². The third kappa shape index (κ3) is 24.8. The summed E-state index contributed by atoms with van der Waals surface area (Å²) in [5.41, 5.74) is -3.55. The summed E-state index contributed by atoms with van der Waals surface area (Å²) in [6.07, 6.45) is 18.5. The second-order valence-electron chi connectivity index (χ2n) is 14.6. The molecule has 0 bridgehead atoms. The molecule has 0 spiro atoms. The average Bonchev–Trinajstić information content (AvgIpc) is 3.13. The third-order valence-corrected chi connectivity index (χ3v) is 19.2. The van der Waals surface area contributed by atoms with E-state index in [-0.39, 0.29) is 17.3 Å². The SMILES string of the molecule is CCCCCCCCc1ccnc(NC(P(=O)(O)O)P(=O)(O)O)c1.CCCCCCc1ccnc(NC(P(=O)(O)O)P(=O)(O)O)c1.Cc1cncc(NC(P(C)(=O)O)P(=O)(O)O)c1. The normalized spacial score (nSPS) is 13.9. The average molecular weight is 1010 g/mol. The minimum Gasteiger partial charge on any atom is -0.362 e. The first-order valence-corrected chi connectivity index (χ1v) is 30.1. The Bertz CT molecular complexity index is 2070. The van der Waals surface area contributed by atoms with Gasteiger partial charge < -0.3 is 69.8 Å². The Kier molecular flexibility index (Phi) is 25.0. The summed E-state index contributed by atoms with van der Waals surface area (Å²) < 4.78 is 67.6. The molecular weight excluding hydrogens is 950 g/mol. The van der Waals surface area contributed by atoms with Crippen molar-refractivity contribution in [2.45, 2.75) is 114 Å². The zero-order valence-electron chi connectivity index (χ0n) is 35.3. The lowest BCUT2D eigenvalue weighted by molar-refractivity contribution is 0.339. The van der Waals surface area contributed by atoms with Crippen molar-refractivity contribution in [3.05, 3.63) is 71.8 Å². The second kappa shape index (κ2) is 26.8. The van der Waals surface area contributed by atoms with Gasteiger partial charge in [-0.25, -0.2) is 9.97 Å². The van der Waals surface area contributed by atoms with E-state index in [1.807, 2.05) is 0 Å². The van der Waals surface area contributed by atoms with Gasteiger partial charge in [0, 0.05) is 31.5 Å². The summed E-state index contributed by atoms with van der Waals surface area (Å²) in [4.78, 5) is 112. The quantitative estimate of drug-likeness (QED) is 0.0338. The predicted molar refractivity (Wildman–Crippen MR) is 241 cm³/mol. The van der Waals surface area contributed by atoms with Crippen molar-refractivity contribution in [2.75, 3.05) is 22.6 Å². The Hall–Kier alpha value is -2.21. The first-order valence-electron chi connectivity index (χ1n) is 19.6. The molecule has 0 aliphatic carbocycles. The number of aryl methyl sites for hydroxylation is 3. The van der Waals surface area contributed by atoms with Gasteiger partial charge in [-0.1, -0.05) is 65.2 Å². The lowest BCUT2D eigenvalue weighted by atomic mass is 10.1. The van der Waals surface area contributed by atoms with E-state index in [0.717, 1.165) is 74.7 Å². The van der Waals surface area contributed by atoms with E-state index in [4.69, 9.17) is 48.9 Å². The van der Waals surface area contributed by atoms with Gasteiger partial charge in [-0.15, -0.1) is 0 Å². The molecule has 360 valence electrons. The zero-order valence-corrected chi connectivity index (χ0v) is 40.7. The van der Waals surface area contributed by atoms with Crippen molar-refractivity contribution in [3.63, 3.8) is 0 Å². The Morgan fingerprint density at radius 3 is 1.22 bits per heavy atom. The van der Waals surface area contributed by atoms with Crippen LogP contribution in [0.4, 0.5) is 17.3 Å². The van der Waals surface area contributed by atoms with Gasteiger partial charge in [0.05, 0.1) is 5.69 Å². The lowest BCUT2D eigenvalue weighted by Gasteiger charge is -2.23. The topological polar surface area (TPSA) is 400 Å². The Morgan fingerprint density at radius 2 is 0.873 bits per heavy atom. The largest absolute Gasteiger partial charge is 0.362 e. The summed E-state index contributed by atoms with van der Waals surface area (Å²) in [6.45, 7) is 6.91. The molecule has 0 radical (unpaired) electrons. The zero-order chi connectivity index (χ0) is 48.3. The number of nitrogens with zero attached hydrogens (tertiary/aromatic N) is 3. The van der Waals surface area contributed by atoms with Gasteiger partial charge >= 0.3 is 38.0 Å². The van der Waals surface area contributed by atoms with Crippen molar-refractivity contribution < 1.29 is 81.2 Å². The molecule has 0 saturated heterocycles. The first-order chi connectivity index (χ1) is 28.9. The lowest BCUT2D eigenvalue weighted by Crippen LogP contribution is -2.20. The first kappa shape index (κ1) is 58.8. The van der Waals surface area contributed by atoms with Crippen LogP contribution in [-0.4, -0.2) is 92.0 Å². The summed E-state index contributed by atoms with van der Waals surface area (Å²) >= 11 is 0. The molecule has 23 nitrogen and oxygen atoms in total. The van der Waals surface area contributed by atoms with Gasteiger partial charge in [0.1, 0.15) is 11.6 Å². The molecule has 14 N–H and O–H groups in total. The highest BCUT2D eigenvalue weighted by atomic mass is 31.2. The van der Waals surface area contributed by atoms with Crippen LogP contribution in [0.5, 0.6) is 0 Å². The molecular formula is C34H62N6O17P6. The molecule has 0 saturated carbocycles. The monoisotopic (exact) mass is 1010 g/mol. The van der Waals surface area contributed by atoms with Crippen LogP contribution >= 0.6 is 45.3 Å². The number of aromatic nitrogens is 3. The second-order valence-corrected chi connectivity index (χ2v) is 26.7. The van der Waals surface area contributed by atoms with Gasteiger partial charge in [-0.05, 0) is 79.6 Å². The van der Waals surface area contributed by atoms with Gasteiger partial charge in [-0.2, -0.15) is 0 Å². The van der Waals surface area contributed by atoms with Gasteiger partial charge in [0.2, 0.25) is 23.9 Å². The van der Waals surface area contributed by atoms with E-state index < -0.39 is 61.9 Å². The molecule has 0 aliphatic rings. The van der Waals surface area contributed by atoms with Crippen molar-refractivity contribution in [2.24, 2.45) is 0 Å². The molecule has 0 aromatic carbocycles. The van der Waals surface area contributed by atoms with Crippen LogP contribution in [0.3, 0.4) is 0 Å². The number of rotatable bonds is 24. The molecule has 0 aliphatic heterocycles. The van der Waals surface area contributed by atoms with E-state index in [1.165, 1.54) is 44.3 Å². The molecule has 3 aromatic rings. The molecule has 2 atom stereocenters. The van der Waals surface area contributed by atoms with E-state index in [2.05, 4.69) is 44.7 Å². The van der Waals surface area contributed by atoms with E-state index >= 15 is 0 Å². The van der Waals surface area contributed by atoms with E-state index in [1.54, 1.807) is 43.5 Å². The fraction of sp³-hybridized carbons (Fsp3) is 0.559. The van der Waals surface area contributed by atoms with Crippen LogP contribution in [0.15, 0.2) is 55.1 Å². The summed E-state index contributed by atoms with van der Waals surface area (Å²) in [5, 5.41) is 6.70. The van der Waals surface area contributed by atoms with E-state index in [0.29, 0.717) is 0 Å². The van der Waals surface area contributed by atoms with E-state index in [9.17, 15) is 32.3 Å². The molecule has 0 amide bonds. The Morgan fingerprint density at radius 1 is 0.508 bits per heavy atom. The number of hydrogen-bond donors (Lipinski definition) is 14. The molecule has 2 unspecified atom stereocenters. The number of nitrogens with one attached hydrogen (secondary N) is 3. The number of pyridine rings is 3. The fourth-order valence-corrected chi connectivity index (χ4v) is 12.8. The summed E-state index contributed by atoms with van der Waals surface area (Å²) in [5.74, 6) is 0.0692. The van der Waals surface area contributed by atoms with Crippen LogP contribution in [0.25, 0.3) is 0 Å². The number of unbranched alkanes of at least 4 members (excludes halogenated alkanes) is 8. The predicted octanol–water partition coefficient (Wildman–Crippen LogP) is 6.45. The van der Waals surface area contributed by atoms with Crippen molar-refractivity contribution >= 4 is 62.7 Å². The minimum atomic E-state index is -5.03. The van der Waals surface area contributed by atoms with Gasteiger partial charge in [0.25, 0.3) is 0 Å². The maximum absolute atomic E-state index is 11.4. The van der Waals surface area contributed by atoms with Gasteiger partial charge in [-0.3, -0.25) is 32.4 Å². The van der Waals surface area contributed by atoms with Gasteiger partial charge in [0.15, 0.2) is 0 Å². The van der Waals surface area contributed by atoms with Crippen LogP contribution in [0.1, 0.15) is 94.7 Å². The fourth-order valence-electron chi connectivity index (χ4n) is 5.54. The van der Waals surface area contributed by atoms with Crippen molar-refractivity contribution in [3.8, 4) is 0 Å². The number of anilines is 3. The standard InChI is InChI=1S/C14H26N2O6P2.C12H22N2O6P2.C8H14N2O5P2/c1-2-3-4-5-6-7-8-12-9-10-15-13(11-12)16-14(23(17,18)19)24(20,21)22;1-2-3-4-5-6-10-7-8-13-11(9-10)14-12(21(15,16)17)22(18,19)20;1-6-3-7(5-9-4-6)10-8(16(2,11)12)17(13,14)15/h9-11,14H,2-8H2,1H3,(H,15,16)(H2,17,18,19)(H2,20,21,22);7-9,12H,2-6H2,1H3,(H,13,14)(H2,15,16,17)(H2,18,19,20);3-5,8,10H,1-2H3,(H,11,12)(H2,13,14,15). The maximum Gasteiger partial charge on any atom is 0.360 e. The molecule has 29 heteroatoms. The third-order valence-electron chi connectivity index (χ3n) is 8.56. The van der Waals surface area contributed by atoms with Crippen molar-refractivity contribution in [1.29, 1.82) is 0 Å². The Labute approximate surface area is 366 Å². The molecule has 63 heavy (non-hydrogen) atoms. The molecule has 3 aromatic heterocycles. The summed E-state index contributed by atoms with van der Waals surface area (Å²) in [7, 11) is -28.8. The highest BCUT2D eigenvalue weighted by Gasteiger charge is 2.45. The molecule has 3 heterocycles. The Balaban J connectivity index is 0.000000479. The highest BCUT2D eigenvalue weighted by Crippen LogP contribution is 2.61. The van der Waals surface area contributed by atoms with Crippen LogP contribution in [0, 0.1) is 6.92 Å².